The fourth-order valence-corrected chi connectivity index (χ4v) is 2.97. The smallest absolute Gasteiger partial charge is 0.329 e. The van der Waals surface area contributed by atoms with Gasteiger partial charge in [-0.2, -0.15) is 0 Å². The third-order valence-corrected chi connectivity index (χ3v) is 4.53. The molecule has 0 bridgehead atoms. The van der Waals surface area contributed by atoms with Crippen molar-refractivity contribution in [3.8, 4) is 0 Å². The summed E-state index contributed by atoms with van der Waals surface area (Å²) in [6, 6.07) is 5.21. The quantitative estimate of drug-likeness (QED) is 0.498. The molecule has 0 aliphatic carbocycles. The topological polar surface area (TPSA) is 113 Å². The zero-order valence-electron chi connectivity index (χ0n) is 16.9. The van der Waals surface area contributed by atoms with Crippen LogP contribution in [0, 0.1) is 5.92 Å². The number of esters is 1. The lowest BCUT2D eigenvalue weighted by Crippen LogP contribution is -2.47. The fourth-order valence-electron chi connectivity index (χ4n) is 2.97. The van der Waals surface area contributed by atoms with E-state index in [1.165, 1.54) is 26.2 Å². The van der Waals surface area contributed by atoms with E-state index in [-0.39, 0.29) is 35.9 Å². The molecule has 1 aromatic rings. The van der Waals surface area contributed by atoms with E-state index in [4.69, 9.17) is 4.74 Å². The monoisotopic (exact) mass is 403 g/mol. The lowest BCUT2D eigenvalue weighted by Gasteiger charge is -2.26. The summed E-state index contributed by atoms with van der Waals surface area (Å²) in [5, 5.41) is 2.39. The van der Waals surface area contributed by atoms with Crippen LogP contribution >= 0.6 is 0 Å². The molecule has 9 nitrogen and oxygen atoms in total. The molecule has 1 heterocycles. The van der Waals surface area contributed by atoms with Crippen molar-refractivity contribution in [2.75, 3.05) is 27.2 Å². The van der Waals surface area contributed by atoms with Crippen LogP contribution in [-0.4, -0.2) is 72.7 Å². The largest absolute Gasteiger partial charge is 0.454 e. The number of carbonyl (C=O) groups excluding carboxylic acids is 5. The van der Waals surface area contributed by atoms with Crippen LogP contribution in [0.2, 0.25) is 0 Å². The van der Waals surface area contributed by atoms with E-state index < -0.39 is 36.3 Å². The zero-order chi connectivity index (χ0) is 21.7. The molecule has 0 fully saturated rings. The molecule has 1 atom stereocenters. The second kappa shape index (κ2) is 9.31. The molecule has 1 N–H and O–H groups in total. The van der Waals surface area contributed by atoms with Crippen LogP contribution in [0.5, 0.6) is 0 Å². The van der Waals surface area contributed by atoms with E-state index >= 15 is 0 Å². The van der Waals surface area contributed by atoms with Crippen LogP contribution in [0.4, 0.5) is 0 Å². The third-order valence-electron chi connectivity index (χ3n) is 4.53. The number of nitrogens with zero attached hydrogens (tertiary/aromatic N) is 2. The Labute approximate surface area is 169 Å². The number of hydrogen-bond acceptors (Lipinski definition) is 6. The number of fused-ring (bicyclic) bond motifs is 1. The summed E-state index contributed by atoms with van der Waals surface area (Å²) >= 11 is 0. The van der Waals surface area contributed by atoms with E-state index in [0.717, 1.165) is 9.80 Å². The van der Waals surface area contributed by atoms with Gasteiger partial charge in [-0.15, -0.1) is 0 Å². The molecule has 9 heteroatoms. The molecular formula is C20H25N3O6. The van der Waals surface area contributed by atoms with Crippen molar-refractivity contribution in [3.05, 3.63) is 35.4 Å². The van der Waals surface area contributed by atoms with Crippen molar-refractivity contribution in [3.63, 3.8) is 0 Å². The Morgan fingerprint density at radius 1 is 1.10 bits per heavy atom. The predicted octanol–water partition coefficient (Wildman–Crippen LogP) is 0.445. The first-order valence-electron chi connectivity index (χ1n) is 9.25. The molecule has 0 unspecified atom stereocenters. The van der Waals surface area contributed by atoms with Crippen molar-refractivity contribution < 1.29 is 28.7 Å². The number of carbonyl (C=O) groups is 5. The van der Waals surface area contributed by atoms with Gasteiger partial charge in [-0.1, -0.05) is 26.0 Å². The standard InChI is InChI=1S/C20H25N3O6/c1-12(2)9-15(20(28)29-11-17(25)22(4)10-16(24)21-3)23-18(26)13-7-5-6-8-14(13)19(23)27/h5-8,12,15H,9-11H2,1-4H3,(H,21,24)/t15-/m1/s1. The van der Waals surface area contributed by atoms with Gasteiger partial charge in [0.1, 0.15) is 6.04 Å². The molecule has 0 radical (unpaired) electrons. The zero-order valence-corrected chi connectivity index (χ0v) is 16.9. The van der Waals surface area contributed by atoms with E-state index in [9.17, 15) is 24.0 Å². The van der Waals surface area contributed by atoms with Gasteiger partial charge in [0, 0.05) is 14.1 Å². The predicted molar refractivity (Wildman–Crippen MR) is 103 cm³/mol. The number of ether oxygens (including phenoxy) is 1. The van der Waals surface area contributed by atoms with Crippen LogP contribution in [-0.2, 0) is 19.1 Å². The Bertz CT molecular complexity index is 800. The lowest BCUT2D eigenvalue weighted by molar-refractivity contribution is -0.155. The summed E-state index contributed by atoms with van der Waals surface area (Å²) in [7, 11) is 2.85. The fraction of sp³-hybridized carbons (Fsp3) is 0.450. The molecule has 0 saturated heterocycles. The minimum absolute atomic E-state index is 0.0107. The average molecular weight is 403 g/mol. The first kappa shape index (κ1) is 22.1. The summed E-state index contributed by atoms with van der Waals surface area (Å²) in [5.74, 6) is -2.91. The second-order valence-corrected chi connectivity index (χ2v) is 7.20. The highest BCUT2D eigenvalue weighted by atomic mass is 16.5. The van der Waals surface area contributed by atoms with E-state index in [0.29, 0.717) is 0 Å². The van der Waals surface area contributed by atoms with Crippen LogP contribution in [0.15, 0.2) is 24.3 Å². The van der Waals surface area contributed by atoms with Crippen molar-refractivity contribution in [1.82, 2.24) is 15.1 Å². The van der Waals surface area contributed by atoms with Crippen molar-refractivity contribution in [2.24, 2.45) is 5.92 Å². The first-order chi connectivity index (χ1) is 13.7. The molecule has 156 valence electrons. The summed E-state index contributed by atoms with van der Waals surface area (Å²) in [6.07, 6.45) is 0.201. The molecule has 1 aliphatic rings. The third kappa shape index (κ3) is 4.98. The van der Waals surface area contributed by atoms with Crippen LogP contribution in [0.25, 0.3) is 0 Å². The van der Waals surface area contributed by atoms with Crippen LogP contribution < -0.4 is 5.32 Å². The second-order valence-electron chi connectivity index (χ2n) is 7.20. The van der Waals surface area contributed by atoms with Crippen molar-refractivity contribution >= 4 is 29.6 Å². The SMILES string of the molecule is CNC(=O)CN(C)C(=O)COC(=O)[C@@H](CC(C)C)N1C(=O)c2ccccc2C1=O. The summed E-state index contributed by atoms with van der Waals surface area (Å²) in [4.78, 5) is 63.6. The number of rotatable bonds is 8. The molecule has 29 heavy (non-hydrogen) atoms. The molecule has 1 aliphatic heterocycles. The van der Waals surface area contributed by atoms with Crippen molar-refractivity contribution in [2.45, 2.75) is 26.3 Å². The van der Waals surface area contributed by atoms with Crippen LogP contribution in [0.1, 0.15) is 41.0 Å². The highest BCUT2D eigenvalue weighted by Gasteiger charge is 2.43. The van der Waals surface area contributed by atoms with Crippen molar-refractivity contribution in [1.29, 1.82) is 0 Å². The average Bonchev–Trinajstić information content (AvgIpc) is 2.94. The van der Waals surface area contributed by atoms with Gasteiger partial charge in [0.05, 0.1) is 17.7 Å². The first-order valence-corrected chi connectivity index (χ1v) is 9.25. The number of imide groups is 1. The van der Waals surface area contributed by atoms with Gasteiger partial charge in [-0.3, -0.25) is 24.1 Å². The summed E-state index contributed by atoms with van der Waals surface area (Å²) in [5.41, 5.74) is 0.473. The van der Waals surface area contributed by atoms with Gasteiger partial charge in [-0.05, 0) is 24.5 Å². The van der Waals surface area contributed by atoms with E-state index in [2.05, 4.69) is 5.32 Å². The lowest BCUT2D eigenvalue weighted by atomic mass is 10.0. The molecule has 2 rings (SSSR count). The number of nitrogens with one attached hydrogen (secondary N) is 1. The maximum absolute atomic E-state index is 12.7. The van der Waals surface area contributed by atoms with Crippen LogP contribution in [0.3, 0.4) is 0 Å². The molecule has 0 saturated carbocycles. The van der Waals surface area contributed by atoms with Gasteiger partial charge in [0.15, 0.2) is 6.61 Å². The highest BCUT2D eigenvalue weighted by molar-refractivity contribution is 6.22. The number of likely N-dealkylation sites (N-methyl/N-ethyl adjacent to an activating group) is 2. The highest BCUT2D eigenvalue weighted by Crippen LogP contribution is 2.27. The van der Waals surface area contributed by atoms with Gasteiger partial charge in [0.2, 0.25) is 5.91 Å². The maximum Gasteiger partial charge on any atom is 0.329 e. The molecule has 4 amide bonds. The Morgan fingerprint density at radius 2 is 1.66 bits per heavy atom. The number of benzene rings is 1. The maximum atomic E-state index is 12.7. The van der Waals surface area contributed by atoms with Gasteiger partial charge in [0.25, 0.3) is 17.7 Å². The molecular weight excluding hydrogens is 378 g/mol. The minimum atomic E-state index is -1.14. The van der Waals surface area contributed by atoms with Gasteiger partial charge >= 0.3 is 5.97 Å². The Hall–Kier alpha value is -3.23. The molecule has 0 aromatic heterocycles. The number of amides is 4. The Morgan fingerprint density at radius 3 is 2.14 bits per heavy atom. The summed E-state index contributed by atoms with van der Waals surface area (Å²) in [6.45, 7) is 2.92. The number of hydrogen-bond donors (Lipinski definition) is 1. The summed E-state index contributed by atoms with van der Waals surface area (Å²) < 4.78 is 5.10. The molecule has 1 aromatic carbocycles. The van der Waals surface area contributed by atoms with E-state index in [1.807, 2.05) is 13.8 Å². The minimum Gasteiger partial charge on any atom is -0.454 e. The van der Waals surface area contributed by atoms with Gasteiger partial charge in [-0.25, -0.2) is 4.79 Å². The Balaban J connectivity index is 2.12. The van der Waals surface area contributed by atoms with E-state index in [1.54, 1.807) is 12.1 Å². The van der Waals surface area contributed by atoms with Gasteiger partial charge < -0.3 is 15.0 Å². The molecule has 0 spiro atoms. The Kier molecular flexibility index (Phi) is 7.08. The normalized spacial score (nSPS) is 13.9.